The van der Waals surface area contributed by atoms with Crippen LogP contribution >= 0.6 is 0 Å². The lowest BCUT2D eigenvalue weighted by Crippen LogP contribution is -2.36. The van der Waals surface area contributed by atoms with Gasteiger partial charge in [-0.15, -0.1) is 0 Å². The van der Waals surface area contributed by atoms with Crippen LogP contribution in [0.2, 0.25) is 0 Å². The minimum atomic E-state index is -1.12. The Hall–Kier alpha value is -4.51. The molecule has 3 aromatic carbocycles. The summed E-state index contributed by atoms with van der Waals surface area (Å²) >= 11 is 0. The highest BCUT2D eigenvalue weighted by atomic mass is 19.2. The maximum Gasteiger partial charge on any atom is 0.323 e. The molecule has 8 nitrogen and oxygen atoms in total. The molecule has 192 valence electrons. The SMILES string of the molecule is O=C(Nc1ccc(F)c(F)c1)Nc1ccc(F)c(C(=O)c2ccc3ncc(N4CCOCC4)nc3c2)c1.[HH].[HH]. The van der Waals surface area contributed by atoms with E-state index in [-0.39, 0.29) is 25.4 Å². The number of hydrogen-bond acceptors (Lipinski definition) is 6. The highest BCUT2D eigenvalue weighted by Crippen LogP contribution is 2.23. The fraction of sp³-hybridized carbons (Fsp3) is 0.154. The average molecular weight is 512 g/mol. The normalized spacial score (nSPS) is 13.4. The molecule has 11 heteroatoms. The van der Waals surface area contributed by atoms with Crippen molar-refractivity contribution < 1.29 is 30.4 Å². The first-order valence-corrected chi connectivity index (χ1v) is 11.3. The van der Waals surface area contributed by atoms with E-state index in [1.165, 1.54) is 24.3 Å². The molecule has 5 rings (SSSR count). The Kier molecular flexibility index (Phi) is 6.69. The van der Waals surface area contributed by atoms with Gasteiger partial charge in [-0.05, 0) is 48.5 Å². The second kappa shape index (κ2) is 10.2. The summed E-state index contributed by atoms with van der Waals surface area (Å²) in [7, 11) is 0. The Balaban J connectivity index is 0.00000210. The lowest BCUT2D eigenvalue weighted by atomic mass is 10.0. The first-order valence-electron chi connectivity index (χ1n) is 11.3. The number of carbonyl (C=O) groups is 2. The molecule has 1 fully saturated rings. The summed E-state index contributed by atoms with van der Waals surface area (Å²) in [5.41, 5.74) is 1.14. The summed E-state index contributed by atoms with van der Waals surface area (Å²) < 4.78 is 46.4. The number of anilines is 3. The zero-order valence-corrected chi connectivity index (χ0v) is 19.3. The van der Waals surface area contributed by atoms with Gasteiger partial charge in [0.1, 0.15) is 11.6 Å². The second-order valence-corrected chi connectivity index (χ2v) is 8.26. The van der Waals surface area contributed by atoms with Crippen LogP contribution in [0.15, 0.2) is 60.8 Å². The van der Waals surface area contributed by atoms with Crippen molar-refractivity contribution in [2.75, 3.05) is 41.8 Å². The van der Waals surface area contributed by atoms with E-state index in [2.05, 4.69) is 20.6 Å². The van der Waals surface area contributed by atoms with E-state index in [4.69, 9.17) is 4.74 Å². The maximum atomic E-state index is 14.6. The van der Waals surface area contributed by atoms with Crippen molar-refractivity contribution in [3.05, 3.63) is 89.4 Å². The average Bonchev–Trinajstić information content (AvgIpc) is 2.91. The van der Waals surface area contributed by atoms with Crippen molar-refractivity contribution in [2.24, 2.45) is 0 Å². The summed E-state index contributed by atoms with van der Waals surface area (Å²) in [4.78, 5) is 36.5. The molecule has 0 spiro atoms. The van der Waals surface area contributed by atoms with Crippen LogP contribution in [-0.4, -0.2) is 48.1 Å². The van der Waals surface area contributed by atoms with E-state index >= 15 is 0 Å². The topological polar surface area (TPSA) is 96.5 Å². The number of nitrogens with zero attached hydrogens (tertiary/aromatic N) is 3. The van der Waals surface area contributed by atoms with Gasteiger partial charge in [-0.25, -0.2) is 22.9 Å². The van der Waals surface area contributed by atoms with Gasteiger partial charge < -0.3 is 20.3 Å². The molecule has 37 heavy (non-hydrogen) atoms. The number of hydrogen-bond donors (Lipinski definition) is 2. The van der Waals surface area contributed by atoms with Crippen molar-refractivity contribution in [1.29, 1.82) is 0 Å². The first-order chi connectivity index (χ1) is 17.9. The van der Waals surface area contributed by atoms with Gasteiger partial charge in [0, 0.05) is 38.9 Å². The van der Waals surface area contributed by atoms with Crippen molar-refractivity contribution in [3.63, 3.8) is 0 Å². The van der Waals surface area contributed by atoms with E-state index in [0.717, 1.165) is 18.2 Å². The molecule has 1 saturated heterocycles. The van der Waals surface area contributed by atoms with Gasteiger partial charge in [-0.1, -0.05) is 0 Å². The van der Waals surface area contributed by atoms with Crippen LogP contribution in [0.3, 0.4) is 0 Å². The lowest BCUT2D eigenvalue weighted by molar-refractivity contribution is 0.103. The van der Waals surface area contributed by atoms with E-state index in [9.17, 15) is 22.8 Å². The number of morpholine rings is 1. The van der Waals surface area contributed by atoms with Crippen molar-refractivity contribution in [3.8, 4) is 0 Å². The Bertz CT molecular complexity index is 1520. The standard InChI is InChI=1S/C26H20F3N5O3.2H2/c27-19-4-2-16(31-26(36)32-17-3-5-20(28)21(29)13-17)12-18(19)25(35)15-1-6-22-23(11-15)33-24(14-30-22)34-7-9-37-10-8-34;;/h1-6,11-14H,7-10H2,(H2,31,32,36);2*1H. The van der Waals surface area contributed by atoms with Crippen molar-refractivity contribution in [2.45, 2.75) is 0 Å². The Labute approximate surface area is 212 Å². The van der Waals surface area contributed by atoms with E-state index in [0.29, 0.717) is 43.2 Å². The van der Waals surface area contributed by atoms with Gasteiger partial charge in [0.2, 0.25) is 0 Å². The minimum absolute atomic E-state index is 0. The first kappa shape index (κ1) is 24.2. The third kappa shape index (κ3) is 5.36. The van der Waals surface area contributed by atoms with E-state index in [1.807, 2.05) is 4.90 Å². The molecule has 0 radical (unpaired) electrons. The third-order valence-electron chi connectivity index (χ3n) is 5.77. The smallest absolute Gasteiger partial charge is 0.323 e. The molecule has 2 amide bonds. The molecule has 1 aromatic heterocycles. The number of nitrogens with one attached hydrogen (secondary N) is 2. The number of fused-ring (bicyclic) bond motifs is 1. The van der Waals surface area contributed by atoms with E-state index < -0.39 is 29.3 Å². The third-order valence-corrected chi connectivity index (χ3v) is 5.77. The van der Waals surface area contributed by atoms with Gasteiger partial charge >= 0.3 is 6.03 Å². The van der Waals surface area contributed by atoms with Gasteiger partial charge in [-0.3, -0.25) is 9.78 Å². The fourth-order valence-corrected chi connectivity index (χ4v) is 3.89. The molecule has 2 heterocycles. The highest BCUT2D eigenvalue weighted by Gasteiger charge is 2.18. The summed E-state index contributed by atoms with van der Waals surface area (Å²) in [6.45, 7) is 2.52. The van der Waals surface area contributed by atoms with Crippen LogP contribution < -0.4 is 15.5 Å². The number of aromatic nitrogens is 2. The molecule has 0 atom stereocenters. The minimum Gasteiger partial charge on any atom is -0.378 e. The van der Waals surface area contributed by atoms with E-state index in [1.54, 1.807) is 18.3 Å². The molecule has 4 aromatic rings. The van der Waals surface area contributed by atoms with Crippen LogP contribution in [0, 0.1) is 17.5 Å². The number of ether oxygens (including phenoxy) is 1. The number of halogens is 3. The van der Waals surface area contributed by atoms with Crippen LogP contribution in [0.4, 0.5) is 35.2 Å². The largest absolute Gasteiger partial charge is 0.378 e. The molecule has 0 aliphatic carbocycles. The molecular weight excluding hydrogens is 487 g/mol. The van der Waals surface area contributed by atoms with Crippen LogP contribution in [-0.2, 0) is 4.74 Å². The number of amides is 2. The number of urea groups is 1. The summed E-state index contributed by atoms with van der Waals surface area (Å²) in [6.07, 6.45) is 1.66. The van der Waals surface area contributed by atoms with Crippen LogP contribution in [0.1, 0.15) is 18.8 Å². The highest BCUT2D eigenvalue weighted by molar-refractivity contribution is 6.11. The predicted octanol–water partition coefficient (Wildman–Crippen LogP) is 5.25. The summed E-state index contributed by atoms with van der Waals surface area (Å²) in [5.74, 6) is -2.90. The van der Waals surface area contributed by atoms with Gasteiger partial charge in [-0.2, -0.15) is 0 Å². The predicted molar refractivity (Wildman–Crippen MR) is 136 cm³/mol. The molecular formula is C26H24F3N5O3. The van der Waals surface area contributed by atoms with Gasteiger partial charge in [0.05, 0.1) is 36.0 Å². The Morgan fingerprint density at radius 3 is 2.27 bits per heavy atom. The summed E-state index contributed by atoms with van der Waals surface area (Å²) in [6, 6.07) is 10.3. The monoisotopic (exact) mass is 511 g/mol. The molecule has 0 unspecified atom stereocenters. The lowest BCUT2D eigenvalue weighted by Gasteiger charge is -2.27. The van der Waals surface area contributed by atoms with Crippen molar-refractivity contribution >= 4 is 40.0 Å². The second-order valence-electron chi connectivity index (χ2n) is 8.26. The number of rotatable bonds is 5. The number of benzene rings is 3. The molecule has 0 bridgehead atoms. The van der Waals surface area contributed by atoms with Crippen LogP contribution in [0.5, 0.6) is 0 Å². The fourth-order valence-electron chi connectivity index (χ4n) is 3.89. The zero-order chi connectivity index (χ0) is 25.9. The van der Waals surface area contributed by atoms with Crippen molar-refractivity contribution in [1.82, 2.24) is 9.97 Å². The molecule has 1 aliphatic heterocycles. The van der Waals surface area contributed by atoms with Crippen LogP contribution in [0.25, 0.3) is 11.0 Å². The number of ketones is 1. The quantitative estimate of drug-likeness (QED) is 0.355. The summed E-state index contributed by atoms with van der Waals surface area (Å²) in [5, 5.41) is 4.79. The number of carbonyl (C=O) groups excluding carboxylic acids is 2. The molecule has 0 saturated carbocycles. The Morgan fingerprint density at radius 2 is 1.54 bits per heavy atom. The molecule has 1 aliphatic rings. The maximum absolute atomic E-state index is 14.6. The zero-order valence-electron chi connectivity index (χ0n) is 19.3. The van der Waals surface area contributed by atoms with Gasteiger partial charge in [0.25, 0.3) is 0 Å². The Morgan fingerprint density at radius 1 is 0.838 bits per heavy atom. The van der Waals surface area contributed by atoms with Gasteiger partial charge in [0.15, 0.2) is 17.4 Å². The molecule has 2 N–H and O–H groups in total.